The lowest BCUT2D eigenvalue weighted by molar-refractivity contribution is 0.669. The Kier molecular flexibility index (Phi) is 5.82. The Balaban J connectivity index is 1.29. The zero-order valence-corrected chi connectivity index (χ0v) is 21.7. The number of pyridine rings is 2. The second-order valence-corrected chi connectivity index (χ2v) is 9.80. The van der Waals surface area contributed by atoms with E-state index in [1.165, 1.54) is 0 Å². The van der Waals surface area contributed by atoms with Crippen LogP contribution in [0.5, 0.6) is 0 Å². The molecule has 5 nitrogen and oxygen atoms in total. The van der Waals surface area contributed by atoms with Crippen molar-refractivity contribution < 1.29 is 4.42 Å². The molecule has 41 heavy (non-hydrogen) atoms. The van der Waals surface area contributed by atoms with Gasteiger partial charge in [-0.05, 0) is 87.5 Å². The SMILES string of the molecule is [C-]#[N+]c1cncc(-c2cccc(-c3ccc4oc5ccc(-c6cccc(-c7cncc(C#N)c7)c6)cc5c4c3)c2)c1. The van der Waals surface area contributed by atoms with E-state index in [1.54, 1.807) is 24.8 Å². The van der Waals surface area contributed by atoms with Gasteiger partial charge in [0.1, 0.15) is 17.2 Å². The molecule has 0 bridgehead atoms. The van der Waals surface area contributed by atoms with Crippen molar-refractivity contribution in [3.63, 3.8) is 0 Å². The molecule has 0 aliphatic carbocycles. The number of hydrogen-bond acceptors (Lipinski definition) is 4. The van der Waals surface area contributed by atoms with Crippen LogP contribution < -0.4 is 0 Å². The van der Waals surface area contributed by atoms with Crippen LogP contribution in [0, 0.1) is 17.9 Å². The molecule has 0 amide bonds. The van der Waals surface area contributed by atoms with Gasteiger partial charge in [0.25, 0.3) is 0 Å². The number of benzene rings is 4. The molecule has 3 aromatic heterocycles. The maximum atomic E-state index is 9.27. The topological polar surface area (TPSA) is 67.1 Å². The maximum Gasteiger partial charge on any atom is 0.205 e. The van der Waals surface area contributed by atoms with Crippen LogP contribution in [-0.4, -0.2) is 9.97 Å². The molecule has 4 aromatic carbocycles. The highest BCUT2D eigenvalue weighted by atomic mass is 16.3. The van der Waals surface area contributed by atoms with Crippen LogP contribution >= 0.6 is 0 Å². The third-order valence-corrected chi connectivity index (χ3v) is 7.25. The molecule has 190 valence electrons. The highest BCUT2D eigenvalue weighted by Gasteiger charge is 2.12. The van der Waals surface area contributed by atoms with Crippen molar-refractivity contribution in [1.29, 1.82) is 5.26 Å². The molecule has 0 spiro atoms. The smallest absolute Gasteiger partial charge is 0.205 e. The number of rotatable bonds is 4. The lowest BCUT2D eigenvalue weighted by atomic mass is 9.97. The molecule has 0 aliphatic heterocycles. The average molecular weight is 525 g/mol. The molecule has 0 radical (unpaired) electrons. The van der Waals surface area contributed by atoms with Crippen molar-refractivity contribution in [3.8, 4) is 50.6 Å². The van der Waals surface area contributed by atoms with E-state index < -0.39 is 0 Å². The summed E-state index contributed by atoms with van der Waals surface area (Å²) in [5.74, 6) is 0. The summed E-state index contributed by atoms with van der Waals surface area (Å²) < 4.78 is 6.20. The molecule has 0 unspecified atom stereocenters. The van der Waals surface area contributed by atoms with Gasteiger partial charge in [0.05, 0.1) is 12.1 Å². The maximum absolute atomic E-state index is 9.27. The molecule has 7 aromatic rings. The average Bonchev–Trinajstić information content (AvgIpc) is 3.42. The van der Waals surface area contributed by atoms with Gasteiger partial charge in [-0.1, -0.05) is 48.5 Å². The summed E-state index contributed by atoms with van der Waals surface area (Å²) in [5.41, 5.74) is 10.9. The summed E-state index contributed by atoms with van der Waals surface area (Å²) in [6.45, 7) is 7.30. The summed E-state index contributed by atoms with van der Waals surface area (Å²) in [7, 11) is 0. The largest absolute Gasteiger partial charge is 0.456 e. The molecule has 0 N–H and O–H groups in total. The van der Waals surface area contributed by atoms with Crippen molar-refractivity contribution in [3.05, 3.63) is 139 Å². The Morgan fingerprint density at radius 2 is 1.07 bits per heavy atom. The molecular formula is C36H20N4O. The van der Waals surface area contributed by atoms with Gasteiger partial charge in [0.15, 0.2) is 0 Å². The first-order chi connectivity index (χ1) is 20.2. The molecule has 0 fully saturated rings. The van der Waals surface area contributed by atoms with E-state index in [2.05, 4.69) is 69.4 Å². The Morgan fingerprint density at radius 3 is 1.63 bits per heavy atom. The van der Waals surface area contributed by atoms with Gasteiger partial charge >= 0.3 is 0 Å². The first-order valence-electron chi connectivity index (χ1n) is 13.0. The van der Waals surface area contributed by atoms with Crippen LogP contribution in [0.15, 0.2) is 126 Å². The highest BCUT2D eigenvalue weighted by Crippen LogP contribution is 2.36. The fourth-order valence-corrected chi connectivity index (χ4v) is 5.20. The number of furan rings is 1. The van der Waals surface area contributed by atoms with E-state index in [-0.39, 0.29) is 0 Å². The van der Waals surface area contributed by atoms with Crippen LogP contribution in [0.2, 0.25) is 0 Å². The van der Waals surface area contributed by atoms with E-state index in [4.69, 9.17) is 11.0 Å². The molecule has 7 rings (SSSR count). The summed E-state index contributed by atoms with van der Waals surface area (Å²) in [4.78, 5) is 12.0. The third-order valence-electron chi connectivity index (χ3n) is 7.25. The quantitative estimate of drug-likeness (QED) is 0.215. The van der Waals surface area contributed by atoms with Crippen LogP contribution in [-0.2, 0) is 0 Å². The highest BCUT2D eigenvalue weighted by molar-refractivity contribution is 6.07. The second-order valence-electron chi connectivity index (χ2n) is 9.80. The minimum absolute atomic E-state index is 0.521. The predicted octanol–water partition coefficient (Wildman–Crippen LogP) is 9.47. The first-order valence-corrected chi connectivity index (χ1v) is 13.0. The zero-order chi connectivity index (χ0) is 27.8. The minimum atomic E-state index is 0.521. The first kappa shape index (κ1) is 24.0. The van der Waals surface area contributed by atoms with E-state index in [9.17, 15) is 5.26 Å². The lowest BCUT2D eigenvalue weighted by Crippen LogP contribution is -1.85. The number of hydrogen-bond donors (Lipinski definition) is 0. The van der Waals surface area contributed by atoms with Crippen LogP contribution in [0.4, 0.5) is 5.69 Å². The zero-order valence-electron chi connectivity index (χ0n) is 21.7. The Bertz CT molecular complexity index is 2040. The lowest BCUT2D eigenvalue weighted by Gasteiger charge is -2.07. The standard InChI is InChI=1S/C36H20N4O/c1-38-32-15-31(21-40-22-32)27-7-3-5-25(14-27)29-9-11-36-34(17-29)33-16-28(8-10-35(33)41-36)24-4-2-6-26(13-24)30-12-23(18-37)19-39-20-30/h2-17,19-22H. The minimum Gasteiger partial charge on any atom is -0.456 e. The van der Waals surface area contributed by atoms with Crippen molar-refractivity contribution in [1.82, 2.24) is 9.97 Å². The van der Waals surface area contributed by atoms with Crippen molar-refractivity contribution in [2.75, 3.05) is 0 Å². The van der Waals surface area contributed by atoms with Gasteiger partial charge in [-0.15, -0.1) is 0 Å². The summed E-state index contributed by atoms with van der Waals surface area (Å²) in [5, 5.41) is 11.4. The molecule has 0 atom stereocenters. The number of aromatic nitrogens is 2. The Morgan fingerprint density at radius 1 is 0.561 bits per heavy atom. The predicted molar refractivity (Wildman–Crippen MR) is 162 cm³/mol. The van der Waals surface area contributed by atoms with Gasteiger partial charge in [-0.25, -0.2) is 4.85 Å². The van der Waals surface area contributed by atoms with Crippen molar-refractivity contribution >= 4 is 27.6 Å². The Labute approximate surface area is 236 Å². The van der Waals surface area contributed by atoms with E-state index in [1.807, 2.05) is 48.5 Å². The third kappa shape index (κ3) is 4.48. The molecule has 5 heteroatoms. The number of fused-ring (bicyclic) bond motifs is 3. The molecule has 0 saturated carbocycles. The molecule has 0 saturated heterocycles. The molecule has 3 heterocycles. The normalized spacial score (nSPS) is 10.9. The number of nitriles is 1. The summed E-state index contributed by atoms with van der Waals surface area (Å²) in [6, 6.07) is 35.0. The fraction of sp³-hybridized carbons (Fsp3) is 0. The fourth-order valence-electron chi connectivity index (χ4n) is 5.20. The van der Waals surface area contributed by atoms with Crippen LogP contribution in [0.1, 0.15) is 5.56 Å². The van der Waals surface area contributed by atoms with Gasteiger partial charge in [-0.3, -0.25) is 9.97 Å². The number of nitrogens with zero attached hydrogens (tertiary/aromatic N) is 4. The van der Waals surface area contributed by atoms with Gasteiger partial charge < -0.3 is 4.42 Å². The van der Waals surface area contributed by atoms with E-state index >= 15 is 0 Å². The van der Waals surface area contributed by atoms with Crippen molar-refractivity contribution in [2.45, 2.75) is 0 Å². The van der Waals surface area contributed by atoms with E-state index in [0.29, 0.717) is 11.3 Å². The van der Waals surface area contributed by atoms with Gasteiger partial charge in [-0.2, -0.15) is 5.26 Å². The molecule has 0 aliphatic rings. The van der Waals surface area contributed by atoms with Gasteiger partial charge in [0.2, 0.25) is 5.69 Å². The summed E-state index contributed by atoms with van der Waals surface area (Å²) >= 11 is 0. The Hall–Kier alpha value is -6.04. The second kappa shape index (κ2) is 9.93. The monoisotopic (exact) mass is 524 g/mol. The van der Waals surface area contributed by atoms with Crippen LogP contribution in [0.25, 0.3) is 71.3 Å². The molecular weight excluding hydrogens is 504 g/mol. The summed E-state index contributed by atoms with van der Waals surface area (Å²) in [6.07, 6.45) is 6.71. The van der Waals surface area contributed by atoms with Crippen molar-refractivity contribution in [2.24, 2.45) is 0 Å². The van der Waals surface area contributed by atoms with Gasteiger partial charge in [0, 0.05) is 41.1 Å². The van der Waals surface area contributed by atoms with E-state index in [0.717, 1.165) is 66.4 Å². The van der Waals surface area contributed by atoms with Crippen LogP contribution in [0.3, 0.4) is 0 Å².